The van der Waals surface area contributed by atoms with Crippen LogP contribution in [0.3, 0.4) is 0 Å². The van der Waals surface area contributed by atoms with Crippen LogP contribution < -0.4 is 16.3 Å². The number of nitrogens with one attached hydrogen (secondary N) is 2. The van der Waals surface area contributed by atoms with E-state index in [9.17, 15) is 19.5 Å². The number of H-pyrrole nitrogens is 1. The summed E-state index contributed by atoms with van der Waals surface area (Å²) in [5.41, 5.74) is -0.465. The van der Waals surface area contributed by atoms with Gasteiger partial charge in [0.05, 0.1) is 11.1 Å². The normalized spacial score (nSPS) is 11.0. The molecule has 0 aliphatic heterocycles. The third-order valence-corrected chi connectivity index (χ3v) is 4.23. The van der Waals surface area contributed by atoms with E-state index < -0.39 is 22.6 Å². The predicted octanol–water partition coefficient (Wildman–Crippen LogP) is 3.21. The Balaban J connectivity index is 2.04. The lowest BCUT2D eigenvalue weighted by Gasteiger charge is -2.05. The summed E-state index contributed by atoms with van der Waals surface area (Å²) >= 11 is 5.89. The number of carbonyl (C=O) groups excluding carboxylic acids is 1. The highest BCUT2D eigenvalue weighted by Gasteiger charge is 2.11. The summed E-state index contributed by atoms with van der Waals surface area (Å²) in [7, 11) is 0. The lowest BCUT2D eigenvalue weighted by atomic mass is 10.1. The largest absolute Gasteiger partial charge is 0.506 e. The highest BCUT2D eigenvalue weighted by molar-refractivity contribution is 6.31. The van der Waals surface area contributed by atoms with Gasteiger partial charge in [-0.3, -0.25) is 14.4 Å². The lowest BCUT2D eigenvalue weighted by molar-refractivity contribution is -0.111. The number of aromatic nitrogens is 1. The Morgan fingerprint density at radius 3 is 2.67 bits per heavy atom. The van der Waals surface area contributed by atoms with Crippen molar-refractivity contribution < 1.29 is 9.90 Å². The molecule has 0 fully saturated rings. The van der Waals surface area contributed by atoms with Crippen LogP contribution in [0.15, 0.2) is 58.1 Å². The molecule has 7 heteroatoms. The summed E-state index contributed by atoms with van der Waals surface area (Å²) in [5, 5.41) is 13.7. The van der Waals surface area contributed by atoms with Gasteiger partial charge in [0, 0.05) is 22.2 Å². The molecule has 27 heavy (non-hydrogen) atoms. The van der Waals surface area contributed by atoms with Gasteiger partial charge in [0.1, 0.15) is 5.75 Å². The fourth-order valence-corrected chi connectivity index (χ4v) is 2.75. The van der Waals surface area contributed by atoms with Crippen molar-refractivity contribution in [3.63, 3.8) is 0 Å². The van der Waals surface area contributed by atoms with E-state index in [1.165, 1.54) is 18.2 Å². The molecule has 0 bridgehead atoms. The molecule has 1 amide bonds. The van der Waals surface area contributed by atoms with E-state index in [1.807, 2.05) is 19.1 Å². The number of anilines is 1. The molecule has 1 aromatic heterocycles. The zero-order chi connectivity index (χ0) is 19.6. The van der Waals surface area contributed by atoms with E-state index >= 15 is 0 Å². The van der Waals surface area contributed by atoms with Crippen LogP contribution in [-0.2, 0) is 4.79 Å². The average molecular weight is 383 g/mol. The van der Waals surface area contributed by atoms with Gasteiger partial charge in [-0.15, -0.1) is 0 Å². The van der Waals surface area contributed by atoms with E-state index in [0.29, 0.717) is 10.7 Å². The second-order valence-corrected chi connectivity index (χ2v) is 6.31. The number of aromatic amines is 1. The van der Waals surface area contributed by atoms with Crippen LogP contribution in [0, 0.1) is 6.92 Å². The van der Waals surface area contributed by atoms with Gasteiger partial charge in [-0.25, -0.2) is 0 Å². The van der Waals surface area contributed by atoms with Crippen LogP contribution >= 0.6 is 11.6 Å². The van der Waals surface area contributed by atoms with Crippen molar-refractivity contribution in [1.29, 1.82) is 0 Å². The summed E-state index contributed by atoms with van der Waals surface area (Å²) in [6, 6.07) is 11.6. The molecule has 3 rings (SSSR count). The zero-order valence-corrected chi connectivity index (χ0v) is 15.0. The number of amides is 1. The topological polar surface area (TPSA) is 99.3 Å². The molecular formula is C20H15ClN2O4. The maximum Gasteiger partial charge on any atom is 0.296 e. The SMILES string of the molecule is Cc1ccccc1NC(=O)/C=C/c1c(O)c2ccc(Cl)cc2[nH]c(=O)c1=O. The summed E-state index contributed by atoms with van der Waals surface area (Å²) in [6.45, 7) is 1.84. The second kappa shape index (κ2) is 7.47. The lowest BCUT2D eigenvalue weighted by Crippen LogP contribution is -2.25. The fraction of sp³-hybridized carbons (Fsp3) is 0.0500. The van der Waals surface area contributed by atoms with Crippen molar-refractivity contribution in [2.45, 2.75) is 6.92 Å². The second-order valence-electron chi connectivity index (χ2n) is 5.87. The molecule has 6 nitrogen and oxygen atoms in total. The highest BCUT2D eigenvalue weighted by Crippen LogP contribution is 2.26. The van der Waals surface area contributed by atoms with Crippen LogP contribution in [0.5, 0.6) is 5.75 Å². The highest BCUT2D eigenvalue weighted by atomic mass is 35.5. The first kappa shape index (κ1) is 18.4. The quantitative estimate of drug-likeness (QED) is 0.478. The summed E-state index contributed by atoms with van der Waals surface area (Å²) in [5.74, 6) is -0.914. The number of hydrogen-bond acceptors (Lipinski definition) is 4. The number of fused-ring (bicyclic) bond motifs is 1. The Labute approximate surface area is 158 Å². The third kappa shape index (κ3) is 3.91. The number of halogens is 1. The summed E-state index contributed by atoms with van der Waals surface area (Å²) < 4.78 is 0. The molecule has 0 aliphatic carbocycles. The molecule has 1 heterocycles. The predicted molar refractivity (Wildman–Crippen MR) is 106 cm³/mol. The first-order chi connectivity index (χ1) is 12.9. The maximum absolute atomic E-state index is 12.3. The van der Waals surface area contributed by atoms with E-state index in [0.717, 1.165) is 17.7 Å². The first-order valence-electron chi connectivity index (χ1n) is 8.00. The van der Waals surface area contributed by atoms with Gasteiger partial charge in [0.15, 0.2) is 0 Å². The fourth-order valence-electron chi connectivity index (χ4n) is 2.58. The number of para-hydroxylation sites is 1. The van der Waals surface area contributed by atoms with Gasteiger partial charge >= 0.3 is 0 Å². The van der Waals surface area contributed by atoms with Crippen LogP contribution in [0.1, 0.15) is 11.1 Å². The van der Waals surface area contributed by atoms with Crippen LogP contribution in [0.25, 0.3) is 17.0 Å². The number of rotatable bonds is 3. The van der Waals surface area contributed by atoms with Gasteiger partial charge in [-0.2, -0.15) is 0 Å². The van der Waals surface area contributed by atoms with Gasteiger partial charge in [-0.05, 0) is 42.8 Å². The minimum atomic E-state index is -0.959. The molecule has 2 aromatic carbocycles. The first-order valence-corrected chi connectivity index (χ1v) is 8.38. The van der Waals surface area contributed by atoms with Gasteiger partial charge in [-0.1, -0.05) is 29.8 Å². The van der Waals surface area contributed by atoms with Crippen molar-refractivity contribution in [2.24, 2.45) is 0 Å². The van der Waals surface area contributed by atoms with Crippen LogP contribution in [-0.4, -0.2) is 16.0 Å². The maximum atomic E-state index is 12.3. The molecule has 136 valence electrons. The summed E-state index contributed by atoms with van der Waals surface area (Å²) in [4.78, 5) is 38.9. The third-order valence-electron chi connectivity index (χ3n) is 4.00. The van der Waals surface area contributed by atoms with Crippen LogP contribution in [0.2, 0.25) is 5.02 Å². The Morgan fingerprint density at radius 1 is 1.19 bits per heavy atom. The minimum absolute atomic E-state index is 0.214. The number of hydrogen-bond donors (Lipinski definition) is 3. The van der Waals surface area contributed by atoms with Crippen molar-refractivity contribution in [3.8, 4) is 5.75 Å². The molecule has 3 aromatic rings. The molecule has 0 radical (unpaired) electrons. The van der Waals surface area contributed by atoms with E-state index in [4.69, 9.17) is 11.6 Å². The van der Waals surface area contributed by atoms with E-state index in [-0.39, 0.29) is 16.5 Å². The molecule has 0 saturated carbocycles. The molecule has 0 atom stereocenters. The smallest absolute Gasteiger partial charge is 0.296 e. The van der Waals surface area contributed by atoms with Crippen molar-refractivity contribution in [2.75, 3.05) is 5.32 Å². The van der Waals surface area contributed by atoms with Gasteiger partial charge < -0.3 is 15.4 Å². The number of benzene rings is 2. The monoisotopic (exact) mass is 382 g/mol. The molecule has 0 spiro atoms. The molecule has 3 N–H and O–H groups in total. The Hall–Kier alpha value is -3.38. The standard InChI is InChI=1S/C20H15ClN2O4/c1-11-4-2-3-5-15(11)22-17(24)9-8-14-18(25)13-7-6-12(21)10-16(13)23-20(27)19(14)26/h2-10,25H,1H3,(H,22,24)(H,23,26,27)/b9-8+. The Kier molecular flexibility index (Phi) is 5.09. The van der Waals surface area contributed by atoms with Gasteiger partial charge in [0.2, 0.25) is 5.91 Å². The Morgan fingerprint density at radius 2 is 1.93 bits per heavy atom. The molecular weight excluding hydrogens is 368 g/mol. The molecule has 0 aliphatic rings. The van der Waals surface area contributed by atoms with Crippen molar-refractivity contribution >= 4 is 40.2 Å². The van der Waals surface area contributed by atoms with Gasteiger partial charge in [0.25, 0.3) is 11.0 Å². The number of aryl methyl sites for hydroxylation is 1. The average Bonchev–Trinajstić information content (AvgIpc) is 2.71. The Bertz CT molecular complexity index is 1200. The molecule has 0 unspecified atom stereocenters. The van der Waals surface area contributed by atoms with E-state index in [2.05, 4.69) is 10.3 Å². The zero-order valence-electron chi connectivity index (χ0n) is 14.2. The number of carbonyl (C=O) groups is 1. The minimum Gasteiger partial charge on any atom is -0.506 e. The number of aromatic hydroxyl groups is 1. The van der Waals surface area contributed by atoms with Crippen molar-refractivity contribution in [3.05, 3.63) is 85.3 Å². The van der Waals surface area contributed by atoms with Crippen molar-refractivity contribution in [1.82, 2.24) is 4.98 Å². The van der Waals surface area contributed by atoms with E-state index in [1.54, 1.807) is 12.1 Å². The summed E-state index contributed by atoms with van der Waals surface area (Å²) in [6.07, 6.45) is 2.21. The van der Waals surface area contributed by atoms with Crippen LogP contribution in [0.4, 0.5) is 5.69 Å². The molecule has 0 saturated heterocycles.